The van der Waals surface area contributed by atoms with E-state index in [0.717, 1.165) is 31.4 Å². The van der Waals surface area contributed by atoms with E-state index in [1.165, 1.54) is 77.0 Å². The molecule has 0 aliphatic rings. The fourth-order valence-electron chi connectivity index (χ4n) is 3.33. The number of rotatable bonds is 22. The highest BCUT2D eigenvalue weighted by atomic mass is 16.5. The first-order chi connectivity index (χ1) is 15.1. The smallest absolute Gasteiger partial charge is 0.331 e. The minimum atomic E-state index is -0.516. The molecule has 0 bridgehead atoms. The SMILES string of the molecule is CCCCCCCCCCCCCCCCOC(=O)/C=C/C(=O)OCC(C)CCOC. The lowest BCUT2D eigenvalue weighted by atomic mass is 10.0. The summed E-state index contributed by atoms with van der Waals surface area (Å²) < 4.78 is 15.2. The van der Waals surface area contributed by atoms with Crippen molar-refractivity contribution in [3.8, 4) is 0 Å². The lowest BCUT2D eigenvalue weighted by Gasteiger charge is -2.09. The standard InChI is InChI=1S/C26H48O5/c1-4-5-6-7-8-9-10-11-12-13-14-15-16-17-21-30-25(27)18-19-26(28)31-23-24(2)20-22-29-3/h18-19,24H,4-17,20-23H2,1-3H3/b19-18+. The number of ether oxygens (including phenoxy) is 3. The van der Waals surface area contributed by atoms with Crippen LogP contribution in [0.4, 0.5) is 0 Å². The Bertz CT molecular complexity index is 447. The van der Waals surface area contributed by atoms with Gasteiger partial charge in [-0.1, -0.05) is 97.3 Å². The Morgan fingerprint density at radius 2 is 1.13 bits per heavy atom. The summed E-state index contributed by atoms with van der Waals surface area (Å²) in [6.07, 6.45) is 21.3. The maximum atomic E-state index is 11.6. The van der Waals surface area contributed by atoms with Crippen molar-refractivity contribution >= 4 is 11.9 Å². The van der Waals surface area contributed by atoms with E-state index >= 15 is 0 Å². The number of carbonyl (C=O) groups is 2. The number of hydrogen-bond acceptors (Lipinski definition) is 5. The minimum Gasteiger partial charge on any atom is -0.463 e. The van der Waals surface area contributed by atoms with Gasteiger partial charge in [0.25, 0.3) is 0 Å². The van der Waals surface area contributed by atoms with Crippen LogP contribution in [0.1, 0.15) is 110 Å². The molecule has 0 rings (SSSR count). The van der Waals surface area contributed by atoms with E-state index in [2.05, 4.69) is 6.92 Å². The molecule has 0 fully saturated rings. The highest BCUT2D eigenvalue weighted by molar-refractivity contribution is 5.91. The largest absolute Gasteiger partial charge is 0.463 e. The summed E-state index contributed by atoms with van der Waals surface area (Å²) in [5.41, 5.74) is 0. The summed E-state index contributed by atoms with van der Waals surface area (Å²) in [7, 11) is 1.64. The van der Waals surface area contributed by atoms with Gasteiger partial charge in [-0.05, 0) is 18.8 Å². The molecule has 0 amide bonds. The van der Waals surface area contributed by atoms with E-state index in [9.17, 15) is 9.59 Å². The molecule has 0 saturated heterocycles. The van der Waals surface area contributed by atoms with E-state index in [0.29, 0.717) is 19.8 Å². The predicted molar refractivity (Wildman–Crippen MR) is 127 cm³/mol. The number of hydrogen-bond donors (Lipinski definition) is 0. The van der Waals surface area contributed by atoms with E-state index < -0.39 is 11.9 Å². The molecule has 0 aromatic rings. The highest BCUT2D eigenvalue weighted by Crippen LogP contribution is 2.13. The first-order valence-electron chi connectivity index (χ1n) is 12.6. The Hall–Kier alpha value is -1.36. The van der Waals surface area contributed by atoms with Crippen molar-refractivity contribution in [1.82, 2.24) is 0 Å². The van der Waals surface area contributed by atoms with Crippen molar-refractivity contribution < 1.29 is 23.8 Å². The lowest BCUT2D eigenvalue weighted by molar-refractivity contribution is -0.141. The van der Waals surface area contributed by atoms with Crippen molar-refractivity contribution in [2.45, 2.75) is 110 Å². The molecule has 5 heteroatoms. The van der Waals surface area contributed by atoms with Crippen LogP contribution in [-0.4, -0.2) is 38.9 Å². The number of carbonyl (C=O) groups excluding carboxylic acids is 2. The van der Waals surface area contributed by atoms with Gasteiger partial charge < -0.3 is 14.2 Å². The van der Waals surface area contributed by atoms with Crippen LogP contribution in [0.15, 0.2) is 12.2 Å². The minimum absolute atomic E-state index is 0.226. The number of methoxy groups -OCH3 is 1. The summed E-state index contributed by atoms with van der Waals surface area (Å²) in [6.45, 7) is 5.62. The fraction of sp³-hybridized carbons (Fsp3) is 0.846. The zero-order valence-corrected chi connectivity index (χ0v) is 20.5. The van der Waals surface area contributed by atoms with Gasteiger partial charge in [0.05, 0.1) is 13.2 Å². The van der Waals surface area contributed by atoms with Crippen molar-refractivity contribution in [3.63, 3.8) is 0 Å². The van der Waals surface area contributed by atoms with Crippen LogP contribution >= 0.6 is 0 Å². The van der Waals surface area contributed by atoms with Crippen molar-refractivity contribution in [2.75, 3.05) is 26.9 Å². The Labute approximate surface area is 191 Å². The molecule has 0 aliphatic heterocycles. The highest BCUT2D eigenvalue weighted by Gasteiger charge is 2.06. The van der Waals surface area contributed by atoms with Crippen LogP contribution in [0.3, 0.4) is 0 Å². The molecule has 182 valence electrons. The van der Waals surface area contributed by atoms with Gasteiger partial charge in [0.15, 0.2) is 0 Å². The fourth-order valence-corrected chi connectivity index (χ4v) is 3.33. The van der Waals surface area contributed by atoms with Crippen LogP contribution in [-0.2, 0) is 23.8 Å². The molecule has 0 saturated carbocycles. The third kappa shape index (κ3) is 23.1. The first-order valence-corrected chi connectivity index (χ1v) is 12.6. The monoisotopic (exact) mass is 440 g/mol. The second-order valence-electron chi connectivity index (χ2n) is 8.61. The number of esters is 2. The molecule has 0 heterocycles. The molecule has 1 atom stereocenters. The molecular weight excluding hydrogens is 392 g/mol. The zero-order valence-electron chi connectivity index (χ0n) is 20.5. The summed E-state index contributed by atoms with van der Waals surface area (Å²) in [5, 5.41) is 0. The van der Waals surface area contributed by atoms with Crippen LogP contribution < -0.4 is 0 Å². The molecule has 0 aliphatic carbocycles. The van der Waals surface area contributed by atoms with Crippen LogP contribution in [0, 0.1) is 5.92 Å². The molecule has 0 radical (unpaired) electrons. The molecule has 0 spiro atoms. The lowest BCUT2D eigenvalue weighted by Crippen LogP contribution is -2.12. The van der Waals surface area contributed by atoms with Gasteiger partial charge in [0, 0.05) is 25.9 Å². The summed E-state index contributed by atoms with van der Waals surface area (Å²) in [4.78, 5) is 23.2. The van der Waals surface area contributed by atoms with Gasteiger partial charge in [-0.15, -0.1) is 0 Å². The molecule has 0 aromatic heterocycles. The maximum absolute atomic E-state index is 11.6. The number of unbranched alkanes of at least 4 members (excludes halogenated alkanes) is 13. The third-order valence-electron chi connectivity index (χ3n) is 5.42. The third-order valence-corrected chi connectivity index (χ3v) is 5.42. The summed E-state index contributed by atoms with van der Waals surface area (Å²) in [5.74, 6) is -0.777. The van der Waals surface area contributed by atoms with Crippen LogP contribution in [0.25, 0.3) is 0 Å². The maximum Gasteiger partial charge on any atom is 0.331 e. The second kappa shape index (κ2) is 23.3. The van der Waals surface area contributed by atoms with Gasteiger partial charge in [-0.3, -0.25) is 0 Å². The quantitative estimate of drug-likeness (QED) is 0.105. The van der Waals surface area contributed by atoms with Crippen molar-refractivity contribution in [2.24, 2.45) is 5.92 Å². The van der Waals surface area contributed by atoms with Gasteiger partial charge >= 0.3 is 11.9 Å². The van der Waals surface area contributed by atoms with Gasteiger partial charge in [-0.25, -0.2) is 9.59 Å². The summed E-state index contributed by atoms with van der Waals surface area (Å²) in [6, 6.07) is 0. The van der Waals surface area contributed by atoms with E-state index in [-0.39, 0.29) is 5.92 Å². The van der Waals surface area contributed by atoms with Gasteiger partial charge in [-0.2, -0.15) is 0 Å². The van der Waals surface area contributed by atoms with Crippen LogP contribution in [0.5, 0.6) is 0 Å². The summed E-state index contributed by atoms with van der Waals surface area (Å²) >= 11 is 0. The molecule has 5 nitrogen and oxygen atoms in total. The predicted octanol–water partition coefficient (Wildman–Crippen LogP) is 6.78. The van der Waals surface area contributed by atoms with E-state index in [4.69, 9.17) is 14.2 Å². The average Bonchev–Trinajstić information content (AvgIpc) is 2.77. The molecule has 0 N–H and O–H groups in total. The van der Waals surface area contributed by atoms with Crippen molar-refractivity contribution in [1.29, 1.82) is 0 Å². The zero-order chi connectivity index (χ0) is 23.0. The Balaban J connectivity index is 3.42. The van der Waals surface area contributed by atoms with Gasteiger partial charge in [0.2, 0.25) is 0 Å². The van der Waals surface area contributed by atoms with E-state index in [1.807, 2.05) is 6.92 Å². The first kappa shape index (κ1) is 29.6. The second-order valence-corrected chi connectivity index (χ2v) is 8.61. The normalized spacial score (nSPS) is 12.2. The average molecular weight is 441 g/mol. The van der Waals surface area contributed by atoms with Crippen LogP contribution in [0.2, 0.25) is 0 Å². The molecular formula is C26H48O5. The Kier molecular flexibility index (Phi) is 22.3. The molecule has 1 unspecified atom stereocenters. The Morgan fingerprint density at radius 1 is 0.677 bits per heavy atom. The van der Waals surface area contributed by atoms with Crippen molar-refractivity contribution in [3.05, 3.63) is 12.2 Å². The molecule has 31 heavy (non-hydrogen) atoms. The molecule has 0 aromatic carbocycles. The van der Waals surface area contributed by atoms with E-state index in [1.54, 1.807) is 7.11 Å². The Morgan fingerprint density at radius 3 is 1.61 bits per heavy atom. The van der Waals surface area contributed by atoms with Gasteiger partial charge in [0.1, 0.15) is 0 Å². The topological polar surface area (TPSA) is 61.8 Å².